The lowest BCUT2D eigenvalue weighted by atomic mass is 10.2. The Morgan fingerprint density at radius 2 is 2.29 bits per heavy atom. The van der Waals surface area contributed by atoms with E-state index in [2.05, 4.69) is 5.43 Å². The number of primary amides is 1. The fourth-order valence-electron chi connectivity index (χ4n) is 1.51. The lowest BCUT2D eigenvalue weighted by molar-refractivity contribution is -0.114. The summed E-state index contributed by atoms with van der Waals surface area (Å²) in [4.78, 5) is 11.0. The highest BCUT2D eigenvalue weighted by Crippen LogP contribution is 2.13. The van der Waals surface area contributed by atoms with E-state index in [4.69, 9.17) is 5.73 Å². The number of hydrogen-bond donors (Lipinski definition) is 2. The molecule has 1 amide bonds. The van der Waals surface area contributed by atoms with Gasteiger partial charge in [-0.15, -0.1) is 0 Å². The number of halogens is 1. The van der Waals surface area contributed by atoms with Crippen LogP contribution in [0.5, 0.6) is 0 Å². The van der Waals surface area contributed by atoms with Crippen molar-refractivity contribution in [2.75, 3.05) is 12.0 Å². The van der Waals surface area contributed by atoms with Crippen molar-refractivity contribution in [3.63, 3.8) is 0 Å². The first-order chi connectivity index (χ1) is 8.15. The normalized spacial score (nSPS) is 14.4. The van der Waals surface area contributed by atoms with Gasteiger partial charge < -0.3 is 5.73 Å². The van der Waals surface area contributed by atoms with Crippen LogP contribution in [0, 0.1) is 5.82 Å². The average molecular weight is 233 g/mol. The number of carbonyl (C=O) groups excluding carboxylic acids is 1. The van der Waals surface area contributed by atoms with Crippen molar-refractivity contribution < 1.29 is 9.18 Å². The van der Waals surface area contributed by atoms with Crippen LogP contribution in [-0.2, 0) is 4.79 Å². The van der Waals surface area contributed by atoms with Crippen LogP contribution in [0.25, 0.3) is 0 Å². The quantitative estimate of drug-likeness (QED) is 0.829. The molecule has 0 fully saturated rings. The maximum Gasteiger partial charge on any atom is 0.246 e. The van der Waals surface area contributed by atoms with Gasteiger partial charge in [0.2, 0.25) is 5.91 Å². The predicted octanol–water partition coefficient (Wildman–Crippen LogP) is 1.39. The summed E-state index contributed by atoms with van der Waals surface area (Å²) in [5.41, 5.74) is 9.26. The summed E-state index contributed by atoms with van der Waals surface area (Å²) in [6, 6.07) is 6.08. The molecule has 0 spiro atoms. The van der Waals surface area contributed by atoms with E-state index in [1.54, 1.807) is 35.5 Å². The number of hydrazine groups is 1. The van der Waals surface area contributed by atoms with Crippen molar-refractivity contribution in [1.82, 2.24) is 5.01 Å². The van der Waals surface area contributed by atoms with Crippen molar-refractivity contribution in [3.8, 4) is 0 Å². The molecule has 4 nitrogen and oxygen atoms in total. The van der Waals surface area contributed by atoms with Gasteiger partial charge in [0, 0.05) is 11.8 Å². The molecule has 17 heavy (non-hydrogen) atoms. The molecule has 0 atom stereocenters. The van der Waals surface area contributed by atoms with Crippen LogP contribution in [0.4, 0.5) is 10.1 Å². The lowest BCUT2D eigenvalue weighted by Gasteiger charge is -2.25. The number of allylic oxidation sites excluding steroid dienone is 2. The Morgan fingerprint density at radius 1 is 1.47 bits per heavy atom. The highest BCUT2D eigenvalue weighted by atomic mass is 19.1. The van der Waals surface area contributed by atoms with E-state index in [0.717, 1.165) is 0 Å². The zero-order chi connectivity index (χ0) is 12.3. The first kappa shape index (κ1) is 11.2. The molecular formula is C12H12FN3O. The number of nitrogens with two attached hydrogens (primary N) is 1. The molecule has 0 aromatic heterocycles. The lowest BCUT2D eigenvalue weighted by Crippen LogP contribution is -2.32. The molecular weight excluding hydrogens is 221 g/mol. The molecule has 1 aliphatic rings. The summed E-state index contributed by atoms with van der Waals surface area (Å²) in [7, 11) is 0. The number of benzene rings is 1. The van der Waals surface area contributed by atoms with Crippen LogP contribution in [0.1, 0.15) is 0 Å². The SMILES string of the molecule is NC(=O)C1=CC=CN(Nc2cccc(F)c2)C1. The Bertz CT molecular complexity index is 496. The third-order valence-corrected chi connectivity index (χ3v) is 2.32. The van der Waals surface area contributed by atoms with E-state index in [1.807, 2.05) is 0 Å². The minimum Gasteiger partial charge on any atom is -0.366 e. The summed E-state index contributed by atoms with van der Waals surface area (Å²) in [5, 5.41) is 1.66. The fourth-order valence-corrected chi connectivity index (χ4v) is 1.51. The van der Waals surface area contributed by atoms with Gasteiger partial charge >= 0.3 is 0 Å². The molecule has 0 saturated heterocycles. The molecule has 0 aliphatic carbocycles. The standard InChI is InChI=1S/C12H12FN3O/c13-10-4-1-5-11(7-10)15-16-6-2-3-9(8-16)12(14)17/h1-7,15H,8H2,(H2,14,17). The Labute approximate surface area is 98.2 Å². The largest absolute Gasteiger partial charge is 0.366 e. The molecule has 5 heteroatoms. The van der Waals surface area contributed by atoms with Crippen LogP contribution in [0.15, 0.2) is 48.2 Å². The number of nitrogens with zero attached hydrogens (tertiary/aromatic N) is 1. The predicted molar refractivity (Wildman–Crippen MR) is 63.1 cm³/mol. The fraction of sp³-hybridized carbons (Fsp3) is 0.0833. The Morgan fingerprint density at radius 3 is 3.00 bits per heavy atom. The van der Waals surface area contributed by atoms with Crippen molar-refractivity contribution in [1.29, 1.82) is 0 Å². The molecule has 3 N–H and O–H groups in total. The smallest absolute Gasteiger partial charge is 0.246 e. The second kappa shape index (κ2) is 4.69. The summed E-state index contributed by atoms with van der Waals surface area (Å²) in [6.07, 6.45) is 5.11. The molecule has 1 aromatic rings. The zero-order valence-electron chi connectivity index (χ0n) is 9.06. The number of anilines is 1. The minimum absolute atomic E-state index is 0.318. The van der Waals surface area contributed by atoms with Crippen LogP contribution in [0.3, 0.4) is 0 Å². The Hall–Kier alpha value is -2.30. The Kier molecular flexibility index (Phi) is 3.09. The number of nitrogens with one attached hydrogen (secondary N) is 1. The number of hydrogen-bond acceptors (Lipinski definition) is 3. The van der Waals surface area contributed by atoms with Crippen molar-refractivity contribution in [2.24, 2.45) is 5.73 Å². The van der Waals surface area contributed by atoms with Gasteiger partial charge in [0.1, 0.15) is 5.82 Å². The van der Waals surface area contributed by atoms with Crippen LogP contribution in [0.2, 0.25) is 0 Å². The first-order valence-corrected chi connectivity index (χ1v) is 5.11. The van der Waals surface area contributed by atoms with Gasteiger partial charge in [-0.3, -0.25) is 15.2 Å². The number of amides is 1. The Balaban J connectivity index is 2.05. The van der Waals surface area contributed by atoms with E-state index in [1.165, 1.54) is 12.1 Å². The van der Waals surface area contributed by atoms with Gasteiger partial charge in [-0.05, 0) is 24.3 Å². The third-order valence-electron chi connectivity index (χ3n) is 2.32. The van der Waals surface area contributed by atoms with Crippen molar-refractivity contribution in [3.05, 3.63) is 54.0 Å². The van der Waals surface area contributed by atoms with Gasteiger partial charge in [-0.25, -0.2) is 4.39 Å². The van der Waals surface area contributed by atoms with E-state index >= 15 is 0 Å². The summed E-state index contributed by atoms with van der Waals surface area (Å²) in [6.45, 7) is 0.350. The highest BCUT2D eigenvalue weighted by molar-refractivity contribution is 5.92. The van der Waals surface area contributed by atoms with Crippen molar-refractivity contribution >= 4 is 11.6 Å². The van der Waals surface area contributed by atoms with Crippen LogP contribution < -0.4 is 11.2 Å². The molecule has 88 valence electrons. The summed E-state index contributed by atoms with van der Waals surface area (Å²) in [5.74, 6) is -0.776. The molecule has 1 aliphatic heterocycles. The van der Waals surface area contributed by atoms with Gasteiger partial charge in [0.05, 0.1) is 12.2 Å². The molecule has 1 heterocycles. The van der Waals surface area contributed by atoms with Crippen LogP contribution in [-0.4, -0.2) is 17.5 Å². The summed E-state index contributed by atoms with van der Waals surface area (Å²) < 4.78 is 13.0. The van der Waals surface area contributed by atoms with E-state index in [0.29, 0.717) is 17.8 Å². The van der Waals surface area contributed by atoms with Crippen LogP contribution >= 0.6 is 0 Å². The second-order valence-electron chi connectivity index (χ2n) is 3.65. The second-order valence-corrected chi connectivity index (χ2v) is 3.65. The van der Waals surface area contributed by atoms with Gasteiger partial charge in [0.15, 0.2) is 0 Å². The molecule has 2 rings (SSSR count). The van der Waals surface area contributed by atoms with E-state index < -0.39 is 5.91 Å². The molecule has 0 radical (unpaired) electrons. The van der Waals surface area contributed by atoms with E-state index in [9.17, 15) is 9.18 Å². The molecule has 0 unspecified atom stereocenters. The zero-order valence-corrected chi connectivity index (χ0v) is 9.06. The first-order valence-electron chi connectivity index (χ1n) is 5.11. The van der Waals surface area contributed by atoms with Crippen molar-refractivity contribution in [2.45, 2.75) is 0 Å². The summed E-state index contributed by atoms with van der Waals surface area (Å²) >= 11 is 0. The van der Waals surface area contributed by atoms with Gasteiger partial charge in [-0.2, -0.15) is 0 Å². The maximum atomic E-state index is 13.0. The molecule has 0 bridgehead atoms. The number of rotatable bonds is 3. The highest BCUT2D eigenvalue weighted by Gasteiger charge is 2.11. The average Bonchev–Trinajstić information content (AvgIpc) is 2.29. The third kappa shape index (κ3) is 2.84. The minimum atomic E-state index is -0.458. The maximum absolute atomic E-state index is 13.0. The monoisotopic (exact) mass is 233 g/mol. The molecule has 1 aromatic carbocycles. The topological polar surface area (TPSA) is 58.4 Å². The van der Waals surface area contributed by atoms with E-state index in [-0.39, 0.29) is 5.82 Å². The van der Waals surface area contributed by atoms with Gasteiger partial charge in [0.25, 0.3) is 0 Å². The number of carbonyl (C=O) groups is 1. The van der Waals surface area contributed by atoms with Gasteiger partial charge in [-0.1, -0.05) is 12.1 Å². The molecule has 0 saturated carbocycles.